The van der Waals surface area contributed by atoms with Gasteiger partial charge in [0.25, 0.3) is 0 Å². The normalized spacial score (nSPS) is 14.5. The molecule has 1 nitrogen and oxygen atoms in total. The number of rotatable bonds is 3. The summed E-state index contributed by atoms with van der Waals surface area (Å²) in [7, 11) is 0. The van der Waals surface area contributed by atoms with Gasteiger partial charge in [-0.15, -0.1) is 0 Å². The Labute approximate surface area is 229 Å². The third-order valence-electron chi connectivity index (χ3n) is 7.84. The van der Waals surface area contributed by atoms with Crippen molar-refractivity contribution in [2.24, 2.45) is 0 Å². The molecule has 0 saturated carbocycles. The molecule has 0 bridgehead atoms. The van der Waals surface area contributed by atoms with E-state index in [2.05, 4.69) is 134 Å². The Morgan fingerprint density at radius 1 is 0.737 bits per heavy atom. The maximum absolute atomic E-state index is 2.43. The monoisotopic (exact) mass is 507 g/mol. The molecule has 184 valence electrons. The molecule has 7 rings (SSSR count). The van der Waals surface area contributed by atoms with E-state index in [1.807, 2.05) is 11.8 Å². The predicted octanol–water partition coefficient (Wildman–Crippen LogP) is 10.6. The van der Waals surface area contributed by atoms with Crippen LogP contribution in [0.25, 0.3) is 33.0 Å². The molecule has 5 aromatic rings. The standard InChI is InChI=1S/C36H29NS/c1-24-19-20-26-11-6-7-14-31(26)36(24)30-16-10-15-29(25(30)2)27-21-22-33-35(23-27)38-34-18-9-8-17-32(34)37(33)28-12-4-3-5-13-28/h3-8,10-17,19-23H,9,18H2,1-2H3. The average Bonchev–Trinajstić information content (AvgIpc) is 2.96. The van der Waals surface area contributed by atoms with Crippen LogP contribution in [0, 0.1) is 13.8 Å². The fourth-order valence-electron chi connectivity index (χ4n) is 5.96. The molecule has 2 heteroatoms. The van der Waals surface area contributed by atoms with Crippen LogP contribution in [-0.2, 0) is 0 Å². The van der Waals surface area contributed by atoms with Gasteiger partial charge in [-0.2, -0.15) is 0 Å². The number of hydrogen-bond acceptors (Lipinski definition) is 2. The lowest BCUT2D eigenvalue weighted by atomic mass is 9.88. The fourth-order valence-corrected chi connectivity index (χ4v) is 7.16. The van der Waals surface area contributed by atoms with Gasteiger partial charge in [-0.05, 0) is 101 Å². The zero-order valence-corrected chi connectivity index (χ0v) is 22.6. The first-order chi connectivity index (χ1) is 18.7. The average molecular weight is 508 g/mol. The zero-order chi connectivity index (χ0) is 25.6. The predicted molar refractivity (Wildman–Crippen MR) is 164 cm³/mol. The maximum atomic E-state index is 2.43. The molecule has 0 spiro atoms. The summed E-state index contributed by atoms with van der Waals surface area (Å²) < 4.78 is 0. The van der Waals surface area contributed by atoms with Crippen molar-refractivity contribution in [2.75, 3.05) is 4.90 Å². The van der Waals surface area contributed by atoms with Gasteiger partial charge < -0.3 is 4.90 Å². The fraction of sp³-hybridized carbons (Fsp3) is 0.111. The minimum atomic E-state index is 1.10. The van der Waals surface area contributed by atoms with Crippen LogP contribution in [0.3, 0.4) is 0 Å². The Morgan fingerprint density at radius 3 is 2.45 bits per heavy atom. The lowest BCUT2D eigenvalue weighted by Crippen LogP contribution is -2.21. The van der Waals surface area contributed by atoms with E-state index in [-0.39, 0.29) is 0 Å². The van der Waals surface area contributed by atoms with Crippen molar-refractivity contribution in [2.45, 2.75) is 31.6 Å². The first-order valence-electron chi connectivity index (χ1n) is 13.3. The smallest absolute Gasteiger partial charge is 0.0601 e. The number of thioether (sulfide) groups is 1. The second-order valence-electron chi connectivity index (χ2n) is 10.2. The molecule has 1 heterocycles. The minimum Gasteiger partial charge on any atom is -0.309 e. The summed E-state index contributed by atoms with van der Waals surface area (Å²) in [4.78, 5) is 5.22. The highest BCUT2D eigenvalue weighted by atomic mass is 32.2. The molecule has 2 aliphatic rings. The molecule has 1 aliphatic carbocycles. The SMILES string of the molecule is Cc1ccc2ccccc2c1-c1cccc(-c2ccc3c(c2)SC2=C(C=CCC2)N3c2ccccc2)c1C. The van der Waals surface area contributed by atoms with Gasteiger partial charge in [0.2, 0.25) is 0 Å². The quantitative estimate of drug-likeness (QED) is 0.239. The molecule has 1 aliphatic heterocycles. The van der Waals surface area contributed by atoms with Gasteiger partial charge in [0.05, 0.1) is 11.4 Å². The van der Waals surface area contributed by atoms with Gasteiger partial charge in [0, 0.05) is 15.5 Å². The van der Waals surface area contributed by atoms with Gasteiger partial charge in [0.1, 0.15) is 0 Å². The lowest BCUT2D eigenvalue weighted by Gasteiger charge is -2.35. The van der Waals surface area contributed by atoms with E-state index in [4.69, 9.17) is 0 Å². The number of anilines is 2. The summed E-state index contributed by atoms with van der Waals surface area (Å²) in [5, 5.41) is 2.60. The molecule has 0 unspecified atom stereocenters. The summed E-state index contributed by atoms with van der Waals surface area (Å²) in [5.41, 5.74) is 11.7. The molecule has 0 fully saturated rings. The molecule has 0 atom stereocenters. The molecule has 0 amide bonds. The highest BCUT2D eigenvalue weighted by molar-refractivity contribution is 8.03. The highest BCUT2D eigenvalue weighted by Gasteiger charge is 2.27. The van der Waals surface area contributed by atoms with E-state index in [0.717, 1.165) is 12.8 Å². The van der Waals surface area contributed by atoms with Crippen LogP contribution in [0.15, 0.2) is 131 Å². The molecule has 0 aromatic heterocycles. The van der Waals surface area contributed by atoms with Gasteiger partial charge >= 0.3 is 0 Å². The molecule has 0 N–H and O–H groups in total. The lowest BCUT2D eigenvalue weighted by molar-refractivity contribution is 0.969. The van der Waals surface area contributed by atoms with Crippen LogP contribution in [0.4, 0.5) is 11.4 Å². The Bertz CT molecular complexity index is 1760. The number of aryl methyl sites for hydroxylation is 1. The van der Waals surface area contributed by atoms with Crippen LogP contribution >= 0.6 is 11.8 Å². The molecule has 0 saturated heterocycles. The first kappa shape index (κ1) is 23.1. The molecule has 38 heavy (non-hydrogen) atoms. The Morgan fingerprint density at radius 2 is 1.55 bits per heavy atom. The van der Waals surface area contributed by atoms with E-state index in [1.54, 1.807) is 0 Å². The van der Waals surface area contributed by atoms with Crippen molar-refractivity contribution < 1.29 is 0 Å². The first-order valence-corrected chi connectivity index (χ1v) is 14.2. The molecule has 0 radical (unpaired) electrons. The third kappa shape index (κ3) is 3.79. The van der Waals surface area contributed by atoms with Crippen LogP contribution < -0.4 is 4.90 Å². The van der Waals surface area contributed by atoms with Crippen molar-refractivity contribution in [3.8, 4) is 22.3 Å². The van der Waals surface area contributed by atoms with E-state index >= 15 is 0 Å². The largest absolute Gasteiger partial charge is 0.309 e. The maximum Gasteiger partial charge on any atom is 0.0601 e. The van der Waals surface area contributed by atoms with Gasteiger partial charge in [-0.3, -0.25) is 0 Å². The third-order valence-corrected chi connectivity index (χ3v) is 9.05. The van der Waals surface area contributed by atoms with Gasteiger partial charge in [-0.1, -0.05) is 96.7 Å². The number of fused-ring (bicyclic) bond motifs is 2. The summed E-state index contributed by atoms with van der Waals surface area (Å²) in [5.74, 6) is 0. The highest BCUT2D eigenvalue weighted by Crippen LogP contribution is 2.51. The summed E-state index contributed by atoms with van der Waals surface area (Å²) in [6, 6.07) is 37.8. The summed E-state index contributed by atoms with van der Waals surface area (Å²) >= 11 is 1.95. The van der Waals surface area contributed by atoms with E-state index in [1.165, 1.54) is 71.0 Å². The van der Waals surface area contributed by atoms with E-state index in [0.29, 0.717) is 0 Å². The van der Waals surface area contributed by atoms with Crippen molar-refractivity contribution in [3.63, 3.8) is 0 Å². The van der Waals surface area contributed by atoms with Gasteiger partial charge in [-0.25, -0.2) is 0 Å². The second-order valence-corrected chi connectivity index (χ2v) is 11.3. The summed E-state index contributed by atoms with van der Waals surface area (Å²) in [6.07, 6.45) is 6.81. The zero-order valence-electron chi connectivity index (χ0n) is 21.7. The van der Waals surface area contributed by atoms with Crippen molar-refractivity contribution >= 4 is 33.9 Å². The second kappa shape index (κ2) is 9.38. The van der Waals surface area contributed by atoms with E-state index in [9.17, 15) is 0 Å². The van der Waals surface area contributed by atoms with Gasteiger partial charge in [0.15, 0.2) is 0 Å². The van der Waals surface area contributed by atoms with Crippen LogP contribution in [0.1, 0.15) is 24.0 Å². The Kier molecular flexibility index (Phi) is 5.71. The van der Waals surface area contributed by atoms with Crippen LogP contribution in [0.2, 0.25) is 0 Å². The number of hydrogen-bond donors (Lipinski definition) is 0. The van der Waals surface area contributed by atoms with E-state index < -0.39 is 0 Å². The van der Waals surface area contributed by atoms with Crippen LogP contribution in [0.5, 0.6) is 0 Å². The molecular formula is C36H29NS. The topological polar surface area (TPSA) is 3.24 Å². The summed E-state index contributed by atoms with van der Waals surface area (Å²) in [6.45, 7) is 4.51. The molecule has 5 aromatic carbocycles. The number of nitrogens with zero attached hydrogens (tertiary/aromatic N) is 1. The Hall–Kier alpha value is -4.01. The molecular weight excluding hydrogens is 478 g/mol. The number of benzene rings is 5. The van der Waals surface area contributed by atoms with Crippen molar-refractivity contribution in [1.82, 2.24) is 0 Å². The minimum absolute atomic E-state index is 1.10. The number of allylic oxidation sites excluding steroid dienone is 3. The Balaban J connectivity index is 1.37. The van der Waals surface area contributed by atoms with Crippen molar-refractivity contribution in [3.05, 3.63) is 137 Å². The number of para-hydroxylation sites is 1. The van der Waals surface area contributed by atoms with Crippen LogP contribution in [-0.4, -0.2) is 0 Å². The van der Waals surface area contributed by atoms with Crippen molar-refractivity contribution in [1.29, 1.82) is 0 Å².